The predicted octanol–water partition coefficient (Wildman–Crippen LogP) is 4.41. The van der Waals surface area contributed by atoms with Crippen LogP contribution in [-0.2, 0) is 20.6 Å². The second-order valence-electron chi connectivity index (χ2n) is 8.37. The normalized spacial score (nSPS) is 21.9. The molecule has 2 heterocycles. The number of morpholine rings is 1. The van der Waals surface area contributed by atoms with Crippen LogP contribution in [0.2, 0.25) is 5.02 Å². The Hall–Kier alpha value is -1.30. The van der Waals surface area contributed by atoms with Gasteiger partial charge in [0.25, 0.3) is 0 Å². The molecule has 0 aliphatic carbocycles. The number of rotatable bonds is 3. The molecule has 1 aromatic rings. The van der Waals surface area contributed by atoms with E-state index in [0.29, 0.717) is 25.6 Å². The highest BCUT2D eigenvalue weighted by atomic mass is 35.5. The molecule has 1 unspecified atom stereocenters. The third-order valence-electron chi connectivity index (χ3n) is 4.98. The van der Waals surface area contributed by atoms with Crippen molar-refractivity contribution in [3.63, 3.8) is 0 Å². The zero-order valence-corrected chi connectivity index (χ0v) is 17.3. The first-order chi connectivity index (χ1) is 12.8. The van der Waals surface area contributed by atoms with Gasteiger partial charge < -0.3 is 19.1 Å². The van der Waals surface area contributed by atoms with E-state index in [0.717, 1.165) is 43.1 Å². The van der Waals surface area contributed by atoms with Crippen LogP contribution in [0.5, 0.6) is 0 Å². The maximum absolute atomic E-state index is 12.3. The molecular weight excluding hydrogens is 366 g/mol. The molecule has 5 nitrogen and oxygen atoms in total. The van der Waals surface area contributed by atoms with Crippen LogP contribution in [0.25, 0.3) is 0 Å². The van der Waals surface area contributed by atoms with Gasteiger partial charge in [0.05, 0.1) is 19.3 Å². The number of ether oxygens (including phenoxy) is 3. The Labute approximate surface area is 166 Å². The van der Waals surface area contributed by atoms with Gasteiger partial charge in [0.15, 0.2) is 0 Å². The van der Waals surface area contributed by atoms with E-state index in [1.54, 1.807) is 4.90 Å². The van der Waals surface area contributed by atoms with Crippen LogP contribution < -0.4 is 0 Å². The van der Waals surface area contributed by atoms with Crippen molar-refractivity contribution < 1.29 is 19.0 Å². The Kier molecular flexibility index (Phi) is 6.66. The lowest BCUT2D eigenvalue weighted by Crippen LogP contribution is -2.48. The second kappa shape index (κ2) is 8.80. The Morgan fingerprint density at radius 1 is 1.26 bits per heavy atom. The Balaban J connectivity index is 1.59. The molecule has 0 saturated carbocycles. The average Bonchev–Trinajstić information content (AvgIpc) is 2.61. The number of benzene rings is 1. The molecule has 2 fully saturated rings. The summed E-state index contributed by atoms with van der Waals surface area (Å²) in [5.41, 5.74) is 1.86. The maximum Gasteiger partial charge on any atom is 0.410 e. The zero-order chi connectivity index (χ0) is 19.4. The average molecular weight is 396 g/mol. The van der Waals surface area contributed by atoms with E-state index in [4.69, 9.17) is 25.8 Å². The van der Waals surface area contributed by atoms with Gasteiger partial charge in [-0.05, 0) is 56.7 Å². The van der Waals surface area contributed by atoms with E-state index >= 15 is 0 Å². The summed E-state index contributed by atoms with van der Waals surface area (Å²) in [5.74, 6) is 0.480. The topological polar surface area (TPSA) is 48.0 Å². The highest BCUT2D eigenvalue weighted by Crippen LogP contribution is 2.33. The Morgan fingerprint density at radius 2 is 2.00 bits per heavy atom. The molecule has 1 aromatic carbocycles. The molecule has 2 saturated heterocycles. The third-order valence-corrected chi connectivity index (χ3v) is 5.31. The number of hydrogen-bond acceptors (Lipinski definition) is 4. The number of halogens is 1. The molecule has 150 valence electrons. The van der Waals surface area contributed by atoms with Crippen molar-refractivity contribution in [1.82, 2.24) is 4.90 Å². The largest absolute Gasteiger partial charge is 0.444 e. The highest BCUT2D eigenvalue weighted by Gasteiger charge is 2.28. The number of hydrogen-bond donors (Lipinski definition) is 0. The molecule has 1 atom stereocenters. The molecule has 3 rings (SSSR count). The van der Waals surface area contributed by atoms with Crippen molar-refractivity contribution >= 4 is 17.7 Å². The van der Waals surface area contributed by atoms with Crippen LogP contribution in [0.1, 0.15) is 50.7 Å². The minimum absolute atomic E-state index is 0.0451. The van der Waals surface area contributed by atoms with Gasteiger partial charge in [-0.2, -0.15) is 0 Å². The summed E-state index contributed by atoms with van der Waals surface area (Å²) in [6.07, 6.45) is 2.46. The number of nitrogens with zero attached hydrogens (tertiary/aromatic N) is 1. The van der Waals surface area contributed by atoms with Gasteiger partial charge in [-0.3, -0.25) is 0 Å². The van der Waals surface area contributed by atoms with Gasteiger partial charge in [0.1, 0.15) is 5.60 Å². The maximum atomic E-state index is 12.3. The molecule has 27 heavy (non-hydrogen) atoms. The first kappa shape index (κ1) is 20.4. The van der Waals surface area contributed by atoms with E-state index in [1.165, 1.54) is 5.56 Å². The van der Waals surface area contributed by atoms with Gasteiger partial charge in [0.2, 0.25) is 0 Å². The van der Waals surface area contributed by atoms with Crippen molar-refractivity contribution in [2.24, 2.45) is 0 Å². The van der Waals surface area contributed by atoms with Crippen LogP contribution in [0.4, 0.5) is 4.79 Å². The monoisotopic (exact) mass is 395 g/mol. The lowest BCUT2D eigenvalue weighted by molar-refractivity contribution is -0.0415. The summed E-state index contributed by atoms with van der Waals surface area (Å²) in [7, 11) is 0. The summed E-state index contributed by atoms with van der Waals surface area (Å²) >= 11 is 6.57. The molecule has 0 N–H and O–H groups in total. The quantitative estimate of drug-likeness (QED) is 0.760. The fraction of sp³-hybridized carbons (Fsp3) is 0.667. The fourth-order valence-corrected chi connectivity index (χ4v) is 3.99. The van der Waals surface area contributed by atoms with Crippen LogP contribution in [-0.4, -0.2) is 55.6 Å². The van der Waals surface area contributed by atoms with E-state index in [9.17, 15) is 4.79 Å². The molecule has 2 aliphatic rings. The molecule has 6 heteroatoms. The molecule has 0 spiro atoms. The number of carbonyl (C=O) groups is 1. The molecular formula is C21H30ClNO4. The van der Waals surface area contributed by atoms with Gasteiger partial charge in [-0.1, -0.05) is 23.7 Å². The van der Waals surface area contributed by atoms with Gasteiger partial charge in [-0.25, -0.2) is 4.79 Å². The van der Waals surface area contributed by atoms with Crippen LogP contribution >= 0.6 is 11.6 Å². The summed E-state index contributed by atoms with van der Waals surface area (Å²) in [6, 6.07) is 6.32. The molecule has 0 radical (unpaired) electrons. The SMILES string of the molecule is CC(C)(C)OC(=O)N1CCOC(Cc2ccc(C3CCOCC3)c(Cl)c2)C1. The zero-order valence-electron chi connectivity index (χ0n) is 16.5. The predicted molar refractivity (Wildman–Crippen MR) is 105 cm³/mol. The van der Waals surface area contributed by atoms with Gasteiger partial charge >= 0.3 is 6.09 Å². The smallest absolute Gasteiger partial charge is 0.410 e. The fourth-order valence-electron chi connectivity index (χ4n) is 3.64. The van der Waals surface area contributed by atoms with E-state index in [2.05, 4.69) is 12.1 Å². The number of carbonyl (C=O) groups excluding carboxylic acids is 1. The van der Waals surface area contributed by atoms with E-state index < -0.39 is 5.60 Å². The lowest BCUT2D eigenvalue weighted by Gasteiger charge is -2.34. The highest BCUT2D eigenvalue weighted by molar-refractivity contribution is 6.31. The van der Waals surface area contributed by atoms with Gasteiger partial charge in [-0.15, -0.1) is 0 Å². The Morgan fingerprint density at radius 3 is 2.67 bits per heavy atom. The van der Waals surface area contributed by atoms with Crippen LogP contribution in [0.15, 0.2) is 18.2 Å². The summed E-state index contributed by atoms with van der Waals surface area (Å²) in [5, 5.41) is 0.819. The number of amides is 1. The molecule has 2 aliphatic heterocycles. The first-order valence-electron chi connectivity index (χ1n) is 9.77. The van der Waals surface area contributed by atoms with Crippen molar-refractivity contribution in [2.45, 2.75) is 57.7 Å². The van der Waals surface area contributed by atoms with Gasteiger partial charge in [0, 0.05) is 31.2 Å². The summed E-state index contributed by atoms with van der Waals surface area (Å²) in [4.78, 5) is 14.0. The minimum atomic E-state index is -0.488. The van der Waals surface area contributed by atoms with Crippen molar-refractivity contribution in [1.29, 1.82) is 0 Å². The van der Waals surface area contributed by atoms with Crippen molar-refractivity contribution in [3.05, 3.63) is 34.3 Å². The van der Waals surface area contributed by atoms with E-state index in [1.807, 2.05) is 26.8 Å². The second-order valence-corrected chi connectivity index (χ2v) is 8.77. The van der Waals surface area contributed by atoms with Crippen LogP contribution in [0.3, 0.4) is 0 Å². The minimum Gasteiger partial charge on any atom is -0.444 e. The van der Waals surface area contributed by atoms with E-state index in [-0.39, 0.29) is 12.2 Å². The lowest BCUT2D eigenvalue weighted by atomic mass is 9.90. The standard InChI is InChI=1S/C21H30ClNO4/c1-21(2,3)27-20(24)23-8-11-26-17(14-23)12-15-4-5-18(19(22)13-15)16-6-9-25-10-7-16/h4-5,13,16-17H,6-12,14H2,1-3H3. The summed E-state index contributed by atoms with van der Waals surface area (Å²) in [6.45, 7) is 8.87. The summed E-state index contributed by atoms with van der Waals surface area (Å²) < 4.78 is 16.8. The molecule has 0 bridgehead atoms. The third kappa shape index (κ3) is 5.84. The molecule has 1 amide bonds. The van der Waals surface area contributed by atoms with Crippen molar-refractivity contribution in [2.75, 3.05) is 32.9 Å². The Bertz CT molecular complexity index is 652. The molecule has 0 aromatic heterocycles. The van der Waals surface area contributed by atoms with Crippen molar-refractivity contribution in [3.8, 4) is 0 Å². The first-order valence-corrected chi connectivity index (χ1v) is 10.2. The van der Waals surface area contributed by atoms with Crippen LogP contribution in [0, 0.1) is 0 Å².